The molecule has 0 spiro atoms. The van der Waals surface area contributed by atoms with Crippen molar-refractivity contribution in [2.75, 3.05) is 6.61 Å². The van der Waals surface area contributed by atoms with E-state index in [9.17, 15) is 27.2 Å². The Labute approximate surface area is 80.2 Å². The van der Waals surface area contributed by atoms with Crippen molar-refractivity contribution >= 4 is 6.09 Å². The Morgan fingerprint density at radius 3 is 2.07 bits per heavy atom. The molecular weight excluding hydrogens is 231 g/mol. The van der Waals surface area contributed by atoms with Crippen LogP contribution in [-0.4, -0.2) is 29.3 Å². The Bertz CT molecular complexity index is 207. The van der Waals surface area contributed by atoms with Gasteiger partial charge in [-0.3, -0.25) is 5.32 Å². The van der Waals surface area contributed by atoms with Crippen LogP contribution < -0.4 is 10.9 Å². The number of nitrogens with one attached hydrogen (secondary N) is 2. The van der Waals surface area contributed by atoms with Gasteiger partial charge in [0.2, 0.25) is 0 Å². The Morgan fingerprint density at radius 1 is 1.33 bits per heavy atom. The van der Waals surface area contributed by atoms with E-state index in [4.69, 9.17) is 0 Å². The minimum Gasteiger partial charge on any atom is -0.450 e. The van der Waals surface area contributed by atoms with Gasteiger partial charge in [-0.15, -0.1) is 4.48 Å². The number of amides is 1. The van der Waals surface area contributed by atoms with E-state index in [0.717, 1.165) is 5.32 Å². The van der Waals surface area contributed by atoms with E-state index in [0.29, 0.717) is 0 Å². The first-order valence-corrected chi connectivity index (χ1v) is 3.47. The molecule has 11 heteroatoms. The quantitative estimate of drug-likeness (QED) is 0.424. The van der Waals surface area contributed by atoms with Gasteiger partial charge in [0.15, 0.2) is 0 Å². The molecule has 15 heavy (non-hydrogen) atoms. The molecule has 6 nitrogen and oxygen atoms in total. The van der Waals surface area contributed by atoms with Crippen molar-refractivity contribution in [2.24, 2.45) is 0 Å². The molecule has 1 amide bonds. The summed E-state index contributed by atoms with van der Waals surface area (Å²) in [4.78, 5) is 10.6. The van der Waals surface area contributed by atoms with Crippen LogP contribution in [0, 0.1) is 0 Å². The highest BCUT2D eigenvalue weighted by atomic mass is 19.4. The predicted octanol–water partition coefficient (Wildman–Crippen LogP) is 0.960. The summed E-state index contributed by atoms with van der Waals surface area (Å²) in [6.07, 6.45) is -1.65. The zero-order valence-corrected chi connectivity index (χ0v) is 7.31. The summed E-state index contributed by atoms with van der Waals surface area (Å²) in [5, 5.41) is -3.66. The second-order valence-electron chi connectivity index (χ2n) is 2.08. The molecule has 0 fully saturated rings. The number of hydrogen-bond donors (Lipinski definition) is 2. The molecule has 0 aliphatic heterocycles. The molecule has 0 heterocycles. The van der Waals surface area contributed by atoms with Crippen molar-refractivity contribution in [2.45, 2.75) is 12.8 Å². The standard InChI is InChI=1S/C4H7F5N4O2/c1-2-15-3(14)10-4(11-5,12(6)7)13(8)9/h11H,2H2,1H3,(H,10,14). The number of rotatable bonds is 5. The Morgan fingerprint density at radius 2 is 1.80 bits per heavy atom. The molecule has 90 valence electrons. The van der Waals surface area contributed by atoms with Crippen LogP contribution in [-0.2, 0) is 4.74 Å². The van der Waals surface area contributed by atoms with Crippen LogP contribution in [0.15, 0.2) is 0 Å². The fourth-order valence-electron chi connectivity index (χ4n) is 0.539. The lowest BCUT2D eigenvalue weighted by Gasteiger charge is -2.29. The van der Waals surface area contributed by atoms with Crippen LogP contribution in [0.25, 0.3) is 0 Å². The molecule has 0 rings (SSSR count). The number of nitrogens with zero attached hydrogens (tertiary/aromatic N) is 2. The van der Waals surface area contributed by atoms with Gasteiger partial charge < -0.3 is 4.74 Å². The first-order valence-electron chi connectivity index (χ1n) is 3.47. The second-order valence-corrected chi connectivity index (χ2v) is 2.08. The third-order valence-electron chi connectivity index (χ3n) is 1.17. The van der Waals surface area contributed by atoms with Gasteiger partial charge in [-0.25, -0.2) is 4.79 Å². The van der Waals surface area contributed by atoms with E-state index in [1.165, 1.54) is 6.92 Å². The molecule has 0 bridgehead atoms. The Balaban J connectivity index is 4.70. The lowest BCUT2D eigenvalue weighted by atomic mass is 10.6. The average Bonchev–Trinajstić information content (AvgIpc) is 2.13. The summed E-state index contributed by atoms with van der Waals surface area (Å²) in [5.74, 6) is -4.08. The molecular formula is C4H7F5N4O2. The zero-order valence-electron chi connectivity index (χ0n) is 7.31. The summed E-state index contributed by atoms with van der Waals surface area (Å²) in [6, 6.07) is 0. The SMILES string of the molecule is CCOC(=O)NC(NF)(N(F)F)N(F)F. The lowest BCUT2D eigenvalue weighted by Crippen LogP contribution is -2.68. The third-order valence-corrected chi connectivity index (χ3v) is 1.17. The van der Waals surface area contributed by atoms with E-state index in [2.05, 4.69) is 4.74 Å². The summed E-state index contributed by atoms with van der Waals surface area (Å²) in [7, 11) is 0. The number of ether oxygens (including phenoxy) is 1. The van der Waals surface area contributed by atoms with Crippen molar-refractivity contribution in [3.63, 3.8) is 0 Å². The first kappa shape index (κ1) is 13.8. The smallest absolute Gasteiger partial charge is 0.411 e. The van der Waals surface area contributed by atoms with E-state index >= 15 is 0 Å². The summed E-state index contributed by atoms with van der Waals surface area (Å²) < 4.78 is 63.7. The maximum Gasteiger partial charge on any atom is 0.411 e. The molecule has 0 aromatic rings. The molecule has 0 aliphatic carbocycles. The summed E-state index contributed by atoms with van der Waals surface area (Å²) >= 11 is 0. The topological polar surface area (TPSA) is 56.8 Å². The second kappa shape index (κ2) is 5.63. The Hall–Kier alpha value is -1.20. The number of alkyl carbamates (subject to hydrolysis) is 1. The van der Waals surface area contributed by atoms with Gasteiger partial charge in [0.25, 0.3) is 0 Å². The van der Waals surface area contributed by atoms with Gasteiger partial charge >= 0.3 is 12.0 Å². The van der Waals surface area contributed by atoms with Gasteiger partial charge in [0.05, 0.1) is 17.3 Å². The number of hydrogen-bond acceptors (Lipinski definition) is 5. The van der Waals surface area contributed by atoms with Crippen molar-refractivity contribution in [3.05, 3.63) is 0 Å². The fraction of sp³-hybridized carbons (Fsp3) is 0.750. The zero-order chi connectivity index (χ0) is 12.1. The third kappa shape index (κ3) is 3.14. The molecule has 0 saturated carbocycles. The van der Waals surface area contributed by atoms with Gasteiger partial charge in [0.1, 0.15) is 0 Å². The maximum atomic E-state index is 11.9. The molecule has 0 aliphatic rings. The van der Waals surface area contributed by atoms with Crippen molar-refractivity contribution in [1.29, 1.82) is 0 Å². The number of halogens is 5. The lowest BCUT2D eigenvalue weighted by molar-refractivity contribution is -0.401. The van der Waals surface area contributed by atoms with E-state index in [1.807, 2.05) is 0 Å². The molecule has 0 aromatic heterocycles. The number of carbonyl (C=O) groups is 1. The molecule has 0 atom stereocenters. The summed E-state index contributed by atoms with van der Waals surface area (Å²) in [5.41, 5.74) is 0.0437. The normalized spacial score (nSPS) is 12.0. The van der Waals surface area contributed by atoms with Crippen LogP contribution in [0.5, 0.6) is 0 Å². The highest BCUT2D eigenvalue weighted by Gasteiger charge is 2.50. The van der Waals surface area contributed by atoms with Crippen molar-refractivity contribution in [3.8, 4) is 0 Å². The average molecular weight is 238 g/mol. The number of carbonyl (C=O) groups excluding carboxylic acids is 1. The van der Waals surface area contributed by atoms with Crippen LogP contribution in [0.1, 0.15) is 6.92 Å². The van der Waals surface area contributed by atoms with Crippen LogP contribution in [0.4, 0.5) is 27.2 Å². The van der Waals surface area contributed by atoms with E-state index in [-0.39, 0.29) is 12.1 Å². The molecule has 0 radical (unpaired) electrons. The van der Waals surface area contributed by atoms with Crippen LogP contribution in [0.2, 0.25) is 0 Å². The van der Waals surface area contributed by atoms with Gasteiger partial charge in [0, 0.05) is 0 Å². The first-order chi connectivity index (χ1) is 6.90. The molecule has 2 N–H and O–H groups in total. The van der Waals surface area contributed by atoms with Gasteiger partial charge in [-0.05, 0) is 6.92 Å². The molecule has 0 aromatic carbocycles. The monoisotopic (exact) mass is 238 g/mol. The van der Waals surface area contributed by atoms with E-state index in [1.54, 1.807) is 0 Å². The van der Waals surface area contributed by atoms with Crippen LogP contribution >= 0.6 is 0 Å². The Kier molecular flexibility index (Phi) is 5.18. The highest BCUT2D eigenvalue weighted by Crippen LogP contribution is 2.17. The predicted molar refractivity (Wildman–Crippen MR) is 35.2 cm³/mol. The highest BCUT2D eigenvalue weighted by molar-refractivity contribution is 5.67. The molecule has 0 unspecified atom stereocenters. The summed E-state index contributed by atoms with van der Waals surface area (Å²) in [6.45, 7) is 1.04. The molecule has 0 saturated heterocycles. The minimum absolute atomic E-state index is 0.0437. The largest absolute Gasteiger partial charge is 0.450 e. The van der Waals surface area contributed by atoms with Gasteiger partial charge in [-0.2, -0.15) is 0 Å². The minimum atomic E-state index is -4.08. The maximum absolute atomic E-state index is 11.9. The van der Waals surface area contributed by atoms with E-state index < -0.39 is 22.7 Å². The van der Waals surface area contributed by atoms with Gasteiger partial charge in [-0.1, -0.05) is 23.5 Å². The van der Waals surface area contributed by atoms with Crippen molar-refractivity contribution in [1.82, 2.24) is 21.5 Å². The fourth-order valence-corrected chi connectivity index (χ4v) is 0.539. The van der Waals surface area contributed by atoms with Crippen molar-refractivity contribution < 1.29 is 31.9 Å². The van der Waals surface area contributed by atoms with Crippen LogP contribution in [0.3, 0.4) is 0 Å².